The van der Waals surface area contributed by atoms with E-state index in [1.54, 1.807) is 11.3 Å². The van der Waals surface area contributed by atoms with Gasteiger partial charge in [-0.1, -0.05) is 0 Å². The summed E-state index contributed by atoms with van der Waals surface area (Å²) in [4.78, 5) is 4.35. The van der Waals surface area contributed by atoms with Crippen LogP contribution in [-0.2, 0) is 0 Å². The van der Waals surface area contributed by atoms with Crippen LogP contribution in [0.5, 0.6) is 0 Å². The zero-order valence-corrected chi connectivity index (χ0v) is 9.64. The lowest BCUT2D eigenvalue weighted by Gasteiger charge is -2.11. The van der Waals surface area contributed by atoms with Crippen LogP contribution < -0.4 is 11.1 Å². The smallest absolute Gasteiger partial charge is 0.189 e. The summed E-state index contributed by atoms with van der Waals surface area (Å²) in [7, 11) is 0. The van der Waals surface area contributed by atoms with Crippen molar-refractivity contribution in [3.05, 3.63) is 22.4 Å². The molecule has 78 valence electrons. The number of nitrogens with two attached hydrogens (primary N) is 1. The summed E-state index contributed by atoms with van der Waals surface area (Å²) in [5.41, 5.74) is 6.94. The predicted molar refractivity (Wildman–Crippen MR) is 62.6 cm³/mol. The second-order valence-corrected chi connectivity index (χ2v) is 4.33. The van der Waals surface area contributed by atoms with E-state index in [0.29, 0.717) is 12.0 Å². The topological polar surface area (TPSA) is 50.4 Å². The summed E-state index contributed by atoms with van der Waals surface area (Å²) in [6.45, 7) is 6.12. The van der Waals surface area contributed by atoms with E-state index in [1.807, 2.05) is 26.2 Å². The molecule has 0 spiro atoms. The van der Waals surface area contributed by atoms with Gasteiger partial charge in [-0.15, -0.1) is 0 Å². The largest absolute Gasteiger partial charge is 0.370 e. The Kier molecular flexibility index (Phi) is 3.95. The van der Waals surface area contributed by atoms with Gasteiger partial charge in [-0.2, -0.15) is 11.3 Å². The number of guanidine groups is 1. The minimum absolute atomic E-state index is 0.132. The SMILES string of the molecule is CC(C)NC(N)=NC(C)c1ccsc1. The van der Waals surface area contributed by atoms with Gasteiger partial charge in [-0.25, -0.2) is 4.99 Å². The number of aliphatic imine (C=N–C) groups is 1. The summed E-state index contributed by atoms with van der Waals surface area (Å²) in [6, 6.07) is 2.53. The Morgan fingerprint density at radius 3 is 2.71 bits per heavy atom. The van der Waals surface area contributed by atoms with Crippen molar-refractivity contribution in [1.82, 2.24) is 5.32 Å². The first-order valence-electron chi connectivity index (χ1n) is 4.71. The molecular weight excluding hydrogens is 194 g/mol. The highest BCUT2D eigenvalue weighted by Gasteiger charge is 2.04. The van der Waals surface area contributed by atoms with Gasteiger partial charge < -0.3 is 11.1 Å². The number of rotatable bonds is 3. The maximum Gasteiger partial charge on any atom is 0.189 e. The number of hydrogen-bond donors (Lipinski definition) is 2. The fourth-order valence-electron chi connectivity index (χ4n) is 1.13. The number of nitrogens with zero attached hydrogens (tertiary/aromatic N) is 1. The third-order valence-corrected chi connectivity index (χ3v) is 2.50. The molecule has 0 aliphatic carbocycles. The van der Waals surface area contributed by atoms with Crippen LogP contribution in [0.3, 0.4) is 0 Å². The third kappa shape index (κ3) is 3.38. The number of nitrogens with one attached hydrogen (secondary N) is 1. The summed E-state index contributed by atoms with van der Waals surface area (Å²) >= 11 is 1.68. The van der Waals surface area contributed by atoms with Crippen molar-refractivity contribution in [2.24, 2.45) is 10.7 Å². The van der Waals surface area contributed by atoms with Gasteiger partial charge >= 0.3 is 0 Å². The summed E-state index contributed by atoms with van der Waals surface area (Å²) in [6.07, 6.45) is 0. The van der Waals surface area contributed by atoms with Crippen molar-refractivity contribution < 1.29 is 0 Å². The van der Waals surface area contributed by atoms with Crippen molar-refractivity contribution in [2.75, 3.05) is 0 Å². The molecule has 1 aromatic rings. The molecule has 0 radical (unpaired) electrons. The lowest BCUT2D eigenvalue weighted by atomic mass is 10.2. The van der Waals surface area contributed by atoms with Crippen molar-refractivity contribution in [3.63, 3.8) is 0 Å². The first-order valence-corrected chi connectivity index (χ1v) is 5.65. The van der Waals surface area contributed by atoms with E-state index in [1.165, 1.54) is 5.56 Å². The van der Waals surface area contributed by atoms with Gasteiger partial charge in [0.1, 0.15) is 0 Å². The molecule has 0 bridgehead atoms. The lowest BCUT2D eigenvalue weighted by Crippen LogP contribution is -2.36. The molecule has 1 rings (SSSR count). The highest BCUT2D eigenvalue weighted by atomic mass is 32.1. The van der Waals surface area contributed by atoms with E-state index in [-0.39, 0.29) is 6.04 Å². The summed E-state index contributed by atoms with van der Waals surface area (Å²) < 4.78 is 0. The van der Waals surface area contributed by atoms with Crippen LogP contribution >= 0.6 is 11.3 Å². The van der Waals surface area contributed by atoms with Crippen LogP contribution in [0, 0.1) is 0 Å². The van der Waals surface area contributed by atoms with Crippen LogP contribution in [0.1, 0.15) is 32.4 Å². The second-order valence-electron chi connectivity index (χ2n) is 3.55. The molecule has 4 heteroatoms. The first kappa shape index (κ1) is 11.0. The molecule has 0 amide bonds. The van der Waals surface area contributed by atoms with Crippen LogP contribution in [0.25, 0.3) is 0 Å². The minimum Gasteiger partial charge on any atom is -0.370 e. The molecule has 1 aromatic heterocycles. The van der Waals surface area contributed by atoms with E-state index >= 15 is 0 Å². The molecule has 0 aromatic carbocycles. The monoisotopic (exact) mass is 211 g/mol. The highest BCUT2D eigenvalue weighted by molar-refractivity contribution is 7.07. The molecule has 3 nitrogen and oxygen atoms in total. The van der Waals surface area contributed by atoms with E-state index < -0.39 is 0 Å². The Hall–Kier alpha value is -1.03. The quantitative estimate of drug-likeness (QED) is 0.594. The molecule has 3 N–H and O–H groups in total. The van der Waals surface area contributed by atoms with Gasteiger partial charge in [0.25, 0.3) is 0 Å². The van der Waals surface area contributed by atoms with Crippen molar-refractivity contribution in [3.8, 4) is 0 Å². The molecule has 14 heavy (non-hydrogen) atoms. The Morgan fingerprint density at radius 2 is 2.21 bits per heavy atom. The maximum absolute atomic E-state index is 5.72. The van der Waals surface area contributed by atoms with Gasteiger partial charge in [0.15, 0.2) is 5.96 Å². The van der Waals surface area contributed by atoms with Gasteiger partial charge in [-0.05, 0) is 43.2 Å². The fraction of sp³-hybridized carbons (Fsp3) is 0.500. The van der Waals surface area contributed by atoms with Gasteiger partial charge in [0.2, 0.25) is 0 Å². The number of thiophene rings is 1. The molecule has 0 saturated heterocycles. The normalized spacial score (nSPS) is 14.4. The Bertz CT molecular complexity index is 290. The average molecular weight is 211 g/mol. The fourth-order valence-corrected chi connectivity index (χ4v) is 1.88. The molecule has 0 aliphatic heterocycles. The summed E-state index contributed by atoms with van der Waals surface area (Å²) in [5, 5.41) is 7.21. The lowest BCUT2D eigenvalue weighted by molar-refractivity contribution is 0.711. The van der Waals surface area contributed by atoms with Gasteiger partial charge in [0, 0.05) is 6.04 Å². The van der Waals surface area contributed by atoms with Crippen LogP contribution in [0.2, 0.25) is 0 Å². The van der Waals surface area contributed by atoms with Crippen molar-refractivity contribution in [2.45, 2.75) is 32.9 Å². The molecule has 0 saturated carbocycles. The van der Waals surface area contributed by atoms with E-state index in [2.05, 4.69) is 21.8 Å². The minimum atomic E-state index is 0.132. The Balaban J connectivity index is 2.58. The van der Waals surface area contributed by atoms with E-state index in [0.717, 1.165) is 0 Å². The number of hydrogen-bond acceptors (Lipinski definition) is 2. The molecule has 1 unspecified atom stereocenters. The van der Waals surface area contributed by atoms with Crippen molar-refractivity contribution >= 4 is 17.3 Å². The standard InChI is InChI=1S/C10H17N3S/c1-7(2)12-10(11)13-8(3)9-4-5-14-6-9/h4-8H,1-3H3,(H3,11,12,13). The second kappa shape index (κ2) is 5.00. The van der Waals surface area contributed by atoms with Crippen molar-refractivity contribution in [1.29, 1.82) is 0 Å². The zero-order valence-electron chi connectivity index (χ0n) is 8.82. The van der Waals surface area contributed by atoms with Gasteiger partial charge in [0.05, 0.1) is 6.04 Å². The van der Waals surface area contributed by atoms with Crippen LogP contribution in [-0.4, -0.2) is 12.0 Å². The van der Waals surface area contributed by atoms with E-state index in [9.17, 15) is 0 Å². The van der Waals surface area contributed by atoms with Gasteiger partial charge in [-0.3, -0.25) is 0 Å². The third-order valence-electron chi connectivity index (χ3n) is 1.79. The Labute approximate surface area is 89.0 Å². The van der Waals surface area contributed by atoms with Crippen LogP contribution in [0.15, 0.2) is 21.8 Å². The summed E-state index contributed by atoms with van der Waals surface area (Å²) in [5.74, 6) is 0.513. The predicted octanol–water partition coefficient (Wildman–Crippen LogP) is 2.12. The highest BCUT2D eigenvalue weighted by Crippen LogP contribution is 2.18. The Morgan fingerprint density at radius 1 is 1.50 bits per heavy atom. The maximum atomic E-state index is 5.72. The molecular formula is C10H17N3S. The molecule has 1 atom stereocenters. The molecule has 0 fully saturated rings. The zero-order chi connectivity index (χ0) is 10.6. The van der Waals surface area contributed by atoms with E-state index in [4.69, 9.17) is 5.73 Å². The molecule has 0 aliphatic rings. The molecule has 1 heterocycles. The van der Waals surface area contributed by atoms with Crippen LogP contribution in [0.4, 0.5) is 0 Å². The first-order chi connectivity index (χ1) is 6.59. The average Bonchev–Trinajstić information content (AvgIpc) is 2.53.